The van der Waals surface area contributed by atoms with Crippen LogP contribution in [0.15, 0.2) is 104 Å². The van der Waals surface area contributed by atoms with Crippen molar-refractivity contribution >= 4 is 67.2 Å². The minimum absolute atomic E-state index is 0.100. The van der Waals surface area contributed by atoms with Gasteiger partial charge in [-0.3, -0.25) is 4.79 Å². The summed E-state index contributed by atoms with van der Waals surface area (Å²) < 4.78 is 27.5. The van der Waals surface area contributed by atoms with Gasteiger partial charge in [0.25, 0.3) is 5.56 Å². The highest BCUT2D eigenvalue weighted by molar-refractivity contribution is 9.10. The maximum absolute atomic E-state index is 13.7. The van der Waals surface area contributed by atoms with Crippen molar-refractivity contribution in [3.63, 3.8) is 0 Å². The Bertz CT molecular complexity index is 2010. The molecule has 6 nitrogen and oxygen atoms in total. The van der Waals surface area contributed by atoms with Gasteiger partial charge in [-0.2, -0.15) is 9.78 Å². The second kappa shape index (κ2) is 10.9. The molecule has 10 heteroatoms. The summed E-state index contributed by atoms with van der Waals surface area (Å²) in [5, 5.41) is 6.63. The number of ether oxygens (including phenoxy) is 1. The van der Waals surface area contributed by atoms with Gasteiger partial charge >= 0.3 is 0 Å². The summed E-state index contributed by atoms with van der Waals surface area (Å²) in [5.41, 5.74) is 1.82. The molecular formula is C30H17BrCl2FN3O3. The number of aromatic nitrogens is 2. The van der Waals surface area contributed by atoms with Gasteiger partial charge in [-0.1, -0.05) is 47.5 Å². The second-order valence-corrected chi connectivity index (χ2v) is 10.6. The minimum atomic E-state index is -0.390. The van der Waals surface area contributed by atoms with E-state index in [0.29, 0.717) is 53.6 Å². The molecule has 0 N–H and O–H groups in total. The predicted octanol–water partition coefficient (Wildman–Crippen LogP) is 8.48. The van der Waals surface area contributed by atoms with Crippen molar-refractivity contribution in [3.05, 3.63) is 127 Å². The number of nitrogens with zero attached hydrogens (tertiary/aromatic N) is 3. The Morgan fingerprint density at radius 2 is 1.85 bits per heavy atom. The molecule has 2 heterocycles. The van der Waals surface area contributed by atoms with Gasteiger partial charge in [-0.05, 0) is 82.2 Å². The minimum Gasteiger partial charge on any atom is -0.487 e. The van der Waals surface area contributed by atoms with E-state index < -0.39 is 5.56 Å². The van der Waals surface area contributed by atoms with Crippen LogP contribution < -0.4 is 10.3 Å². The summed E-state index contributed by atoms with van der Waals surface area (Å²) in [6.07, 6.45) is 1.46. The predicted molar refractivity (Wildman–Crippen MR) is 159 cm³/mol. The van der Waals surface area contributed by atoms with Gasteiger partial charge in [-0.15, -0.1) is 0 Å². The average Bonchev–Trinajstić information content (AvgIpc) is 3.35. The first kappa shape index (κ1) is 26.3. The van der Waals surface area contributed by atoms with Gasteiger partial charge in [-0.25, -0.2) is 9.37 Å². The van der Waals surface area contributed by atoms with Crippen molar-refractivity contribution in [2.45, 2.75) is 6.61 Å². The van der Waals surface area contributed by atoms with E-state index in [2.05, 4.69) is 21.0 Å². The van der Waals surface area contributed by atoms with Crippen LogP contribution in [0.2, 0.25) is 10.0 Å². The number of hydrogen-bond donors (Lipinski definition) is 0. The van der Waals surface area contributed by atoms with Crippen LogP contribution in [-0.4, -0.2) is 15.9 Å². The van der Waals surface area contributed by atoms with E-state index in [9.17, 15) is 9.18 Å². The van der Waals surface area contributed by atoms with Gasteiger partial charge < -0.3 is 9.15 Å². The summed E-state index contributed by atoms with van der Waals surface area (Å²) >= 11 is 16.0. The lowest BCUT2D eigenvalue weighted by molar-refractivity contribution is 0.303. The van der Waals surface area contributed by atoms with Gasteiger partial charge in [0.05, 0.1) is 21.6 Å². The molecule has 0 amide bonds. The van der Waals surface area contributed by atoms with Crippen LogP contribution in [0.1, 0.15) is 11.1 Å². The number of furan rings is 1. The summed E-state index contributed by atoms with van der Waals surface area (Å²) in [4.78, 5) is 18.3. The standard InChI is InChI=1S/C30H17BrCl2FN3O3/c31-24-14-21(33)12-19(28(24)39-16-17-4-3-5-22(34)10-17)15-35-37-29(36-25-7-2-1-6-23(25)30(37)38)27-13-18-11-20(32)8-9-26(18)40-27/h1-15H,16H2. The highest BCUT2D eigenvalue weighted by atomic mass is 79.9. The smallest absolute Gasteiger partial charge is 0.282 e. The molecule has 0 bridgehead atoms. The highest BCUT2D eigenvalue weighted by Crippen LogP contribution is 2.33. The molecule has 4 aromatic carbocycles. The Morgan fingerprint density at radius 1 is 1.00 bits per heavy atom. The van der Waals surface area contributed by atoms with Crippen LogP contribution in [0.4, 0.5) is 4.39 Å². The number of para-hydroxylation sites is 1. The molecule has 6 rings (SSSR count). The maximum Gasteiger partial charge on any atom is 0.282 e. The first-order valence-electron chi connectivity index (χ1n) is 12.0. The topological polar surface area (TPSA) is 69.6 Å². The average molecular weight is 637 g/mol. The van der Waals surface area contributed by atoms with E-state index in [-0.39, 0.29) is 18.2 Å². The van der Waals surface area contributed by atoms with Crippen molar-refractivity contribution in [2.75, 3.05) is 0 Å². The summed E-state index contributed by atoms with van der Waals surface area (Å²) in [7, 11) is 0. The highest BCUT2D eigenvalue weighted by Gasteiger charge is 2.17. The summed E-state index contributed by atoms with van der Waals surface area (Å²) in [5.74, 6) is 0.600. The first-order valence-corrected chi connectivity index (χ1v) is 13.5. The number of fused-ring (bicyclic) bond motifs is 2. The van der Waals surface area contributed by atoms with Gasteiger partial charge in [0.1, 0.15) is 23.8 Å². The normalized spacial score (nSPS) is 11.6. The molecule has 0 radical (unpaired) electrons. The van der Waals surface area contributed by atoms with Crippen molar-refractivity contribution in [1.82, 2.24) is 9.66 Å². The summed E-state index contributed by atoms with van der Waals surface area (Å²) in [6.45, 7) is 0.100. The zero-order chi connectivity index (χ0) is 27.8. The third-order valence-electron chi connectivity index (χ3n) is 6.07. The number of benzene rings is 4. The Labute approximate surface area is 245 Å². The third-order valence-corrected chi connectivity index (χ3v) is 7.12. The van der Waals surface area contributed by atoms with Gasteiger partial charge in [0, 0.05) is 21.0 Å². The van der Waals surface area contributed by atoms with Crippen LogP contribution in [0.25, 0.3) is 33.5 Å². The molecule has 2 aromatic heterocycles. The fourth-order valence-corrected chi connectivity index (χ4v) is 5.37. The van der Waals surface area contributed by atoms with E-state index in [1.807, 2.05) is 0 Å². The Kier molecular flexibility index (Phi) is 7.14. The molecule has 0 fully saturated rings. The van der Waals surface area contributed by atoms with Crippen molar-refractivity contribution in [3.8, 4) is 17.3 Å². The van der Waals surface area contributed by atoms with Crippen molar-refractivity contribution < 1.29 is 13.5 Å². The van der Waals surface area contributed by atoms with Crippen LogP contribution in [0.3, 0.4) is 0 Å². The van der Waals surface area contributed by atoms with Crippen LogP contribution in [-0.2, 0) is 6.61 Å². The fraction of sp³-hybridized carbons (Fsp3) is 0.0333. The lowest BCUT2D eigenvalue weighted by Crippen LogP contribution is -2.20. The third kappa shape index (κ3) is 5.25. The van der Waals surface area contributed by atoms with E-state index in [1.54, 1.807) is 72.8 Å². The molecule has 0 spiro atoms. The first-order chi connectivity index (χ1) is 19.4. The number of halogens is 4. The van der Waals surface area contributed by atoms with Crippen LogP contribution in [0, 0.1) is 5.82 Å². The molecule has 0 aliphatic rings. The number of rotatable bonds is 6. The van der Waals surface area contributed by atoms with Gasteiger partial charge in [0.2, 0.25) is 5.82 Å². The molecule has 0 aliphatic heterocycles. The molecule has 40 heavy (non-hydrogen) atoms. The zero-order valence-electron chi connectivity index (χ0n) is 20.4. The lowest BCUT2D eigenvalue weighted by Gasteiger charge is -2.12. The molecule has 0 saturated heterocycles. The molecule has 0 atom stereocenters. The molecule has 0 unspecified atom stereocenters. The van der Waals surface area contributed by atoms with E-state index in [4.69, 9.17) is 37.3 Å². The lowest BCUT2D eigenvalue weighted by atomic mass is 10.2. The SMILES string of the molecule is O=c1c2ccccc2nc(-c2cc3cc(Cl)ccc3o2)n1N=Cc1cc(Cl)cc(Br)c1OCc1cccc(F)c1. The quantitative estimate of drug-likeness (QED) is 0.172. The van der Waals surface area contributed by atoms with E-state index in [0.717, 1.165) is 5.39 Å². The van der Waals surface area contributed by atoms with E-state index in [1.165, 1.54) is 23.0 Å². The molecule has 6 aromatic rings. The molecule has 0 aliphatic carbocycles. The maximum atomic E-state index is 13.7. The molecular weight excluding hydrogens is 620 g/mol. The van der Waals surface area contributed by atoms with Crippen LogP contribution >= 0.6 is 39.1 Å². The fourth-order valence-electron chi connectivity index (χ4n) is 4.25. The monoisotopic (exact) mass is 635 g/mol. The van der Waals surface area contributed by atoms with E-state index >= 15 is 0 Å². The zero-order valence-corrected chi connectivity index (χ0v) is 23.5. The van der Waals surface area contributed by atoms with Gasteiger partial charge in [0.15, 0.2) is 5.76 Å². The summed E-state index contributed by atoms with van der Waals surface area (Å²) in [6, 6.07) is 23.4. The Morgan fingerprint density at radius 3 is 2.70 bits per heavy atom. The Balaban J connectivity index is 1.46. The molecule has 0 saturated carbocycles. The molecule has 198 valence electrons. The Hall–Kier alpha value is -3.98. The van der Waals surface area contributed by atoms with Crippen molar-refractivity contribution in [2.24, 2.45) is 5.10 Å². The number of hydrogen-bond acceptors (Lipinski definition) is 5. The van der Waals surface area contributed by atoms with Crippen molar-refractivity contribution in [1.29, 1.82) is 0 Å². The largest absolute Gasteiger partial charge is 0.487 e. The second-order valence-electron chi connectivity index (χ2n) is 8.83. The van der Waals surface area contributed by atoms with Crippen LogP contribution in [0.5, 0.6) is 5.75 Å².